The Labute approximate surface area is 101 Å². The zero-order valence-corrected chi connectivity index (χ0v) is 10.2. The Kier molecular flexibility index (Phi) is 2.48. The van der Waals surface area contributed by atoms with E-state index in [2.05, 4.69) is 41.7 Å². The molecule has 0 radical (unpaired) electrons. The molecule has 1 aromatic carbocycles. The van der Waals surface area contributed by atoms with Gasteiger partial charge in [0.15, 0.2) is 0 Å². The molecule has 3 nitrogen and oxygen atoms in total. The molecule has 17 heavy (non-hydrogen) atoms. The Morgan fingerprint density at radius 3 is 2.76 bits per heavy atom. The zero-order valence-electron chi connectivity index (χ0n) is 10.2. The van der Waals surface area contributed by atoms with Gasteiger partial charge < -0.3 is 9.84 Å². The monoisotopic (exact) mass is 228 g/mol. The maximum absolute atomic E-state index is 5.43. The Morgan fingerprint density at radius 1 is 1.29 bits per heavy atom. The molecule has 1 aliphatic rings. The predicted molar refractivity (Wildman–Crippen MR) is 66.8 cm³/mol. The van der Waals surface area contributed by atoms with Crippen LogP contribution in [0.3, 0.4) is 0 Å². The average molecular weight is 228 g/mol. The Balaban J connectivity index is 2.07. The minimum absolute atomic E-state index is 0.382. The summed E-state index contributed by atoms with van der Waals surface area (Å²) < 4.78 is 5.43. The van der Waals surface area contributed by atoms with E-state index in [0.717, 1.165) is 29.9 Å². The van der Waals surface area contributed by atoms with Gasteiger partial charge in [-0.3, -0.25) is 0 Å². The number of aromatic nitrogens is 1. The molecule has 0 saturated carbocycles. The zero-order chi connectivity index (χ0) is 11.8. The number of aryl methyl sites for hydroxylation is 2. The minimum Gasteiger partial charge on any atom is -0.360 e. The first-order chi connectivity index (χ1) is 8.29. The molecule has 0 saturated heterocycles. The third kappa shape index (κ3) is 1.67. The van der Waals surface area contributed by atoms with Gasteiger partial charge in [-0.1, -0.05) is 35.0 Å². The fourth-order valence-corrected chi connectivity index (χ4v) is 2.50. The summed E-state index contributed by atoms with van der Waals surface area (Å²) in [5.74, 6) is 1.04. The molecule has 3 rings (SSSR count). The highest BCUT2D eigenvalue weighted by atomic mass is 16.5. The normalized spacial score (nSPS) is 18.4. The molecule has 1 atom stereocenters. The van der Waals surface area contributed by atoms with Gasteiger partial charge in [0.1, 0.15) is 11.5 Å². The lowest BCUT2D eigenvalue weighted by Crippen LogP contribution is -2.13. The van der Waals surface area contributed by atoms with Gasteiger partial charge in [0.05, 0.1) is 0 Å². The highest BCUT2D eigenvalue weighted by Gasteiger charge is 2.29. The van der Waals surface area contributed by atoms with E-state index in [4.69, 9.17) is 4.52 Å². The Bertz CT molecular complexity index is 528. The van der Waals surface area contributed by atoms with Crippen LogP contribution in [0.5, 0.6) is 0 Å². The van der Waals surface area contributed by atoms with Gasteiger partial charge >= 0.3 is 0 Å². The fraction of sp³-hybridized carbons (Fsp3) is 0.357. The first-order valence-corrected chi connectivity index (χ1v) is 6.02. The van der Waals surface area contributed by atoms with Gasteiger partial charge in [-0.05, 0) is 20.4 Å². The van der Waals surface area contributed by atoms with Gasteiger partial charge in [0, 0.05) is 23.6 Å². The molecular formula is C14H16N2O. The number of hydrogen-bond donors (Lipinski definition) is 1. The highest BCUT2D eigenvalue weighted by Crippen LogP contribution is 2.38. The highest BCUT2D eigenvalue weighted by molar-refractivity contribution is 5.65. The summed E-state index contributed by atoms with van der Waals surface area (Å²) in [7, 11) is 1.99. The summed E-state index contributed by atoms with van der Waals surface area (Å²) in [5, 5.41) is 7.55. The molecule has 0 amide bonds. The molecule has 0 spiro atoms. The average Bonchev–Trinajstić information content (AvgIpc) is 2.91. The number of hydrogen-bond acceptors (Lipinski definition) is 3. The molecule has 1 heterocycles. The maximum Gasteiger partial charge on any atom is 0.142 e. The second-order valence-electron chi connectivity index (χ2n) is 4.61. The van der Waals surface area contributed by atoms with Gasteiger partial charge in [-0.25, -0.2) is 0 Å². The van der Waals surface area contributed by atoms with Gasteiger partial charge in [0.25, 0.3) is 0 Å². The number of fused-ring (bicyclic) bond motifs is 1. The maximum atomic E-state index is 5.43. The summed E-state index contributed by atoms with van der Waals surface area (Å²) in [6.07, 6.45) is 2.09. The number of rotatable bonds is 2. The van der Waals surface area contributed by atoms with E-state index in [1.807, 2.05) is 7.05 Å². The van der Waals surface area contributed by atoms with Crippen molar-refractivity contribution in [2.75, 3.05) is 7.05 Å². The molecule has 0 fully saturated rings. The van der Waals surface area contributed by atoms with Gasteiger partial charge in [-0.2, -0.15) is 0 Å². The summed E-state index contributed by atoms with van der Waals surface area (Å²) in [5.41, 5.74) is 4.65. The lowest BCUT2D eigenvalue weighted by molar-refractivity contribution is 0.387. The topological polar surface area (TPSA) is 38.1 Å². The summed E-state index contributed by atoms with van der Waals surface area (Å²) >= 11 is 0. The largest absolute Gasteiger partial charge is 0.360 e. The van der Waals surface area contributed by atoms with Crippen molar-refractivity contribution < 1.29 is 4.52 Å². The van der Waals surface area contributed by atoms with Crippen LogP contribution in [-0.2, 0) is 6.42 Å². The van der Waals surface area contributed by atoms with Crippen molar-refractivity contribution in [3.8, 4) is 11.3 Å². The molecule has 0 aliphatic heterocycles. The van der Waals surface area contributed by atoms with Crippen LogP contribution in [0.15, 0.2) is 28.8 Å². The van der Waals surface area contributed by atoms with Crippen molar-refractivity contribution in [1.29, 1.82) is 0 Å². The van der Waals surface area contributed by atoms with E-state index in [9.17, 15) is 0 Å². The summed E-state index contributed by atoms with van der Waals surface area (Å²) in [6, 6.07) is 8.82. The summed E-state index contributed by atoms with van der Waals surface area (Å²) in [4.78, 5) is 0. The van der Waals surface area contributed by atoms with Gasteiger partial charge in [0.2, 0.25) is 0 Å². The lowest BCUT2D eigenvalue weighted by Gasteiger charge is -2.09. The SMILES string of the molecule is CNC1CCc2onc(-c3ccc(C)cc3)c21. The molecular weight excluding hydrogens is 212 g/mol. The van der Waals surface area contributed by atoms with Crippen molar-refractivity contribution in [2.45, 2.75) is 25.8 Å². The van der Waals surface area contributed by atoms with Crippen LogP contribution in [0.25, 0.3) is 11.3 Å². The van der Waals surface area contributed by atoms with Gasteiger partial charge in [-0.15, -0.1) is 0 Å². The van der Waals surface area contributed by atoms with Crippen molar-refractivity contribution >= 4 is 0 Å². The second-order valence-corrected chi connectivity index (χ2v) is 4.61. The molecule has 88 valence electrons. The van der Waals surface area contributed by atoms with Crippen LogP contribution < -0.4 is 5.32 Å². The molecule has 1 unspecified atom stereocenters. The van der Waals surface area contributed by atoms with Crippen molar-refractivity contribution in [3.63, 3.8) is 0 Å². The van der Waals surface area contributed by atoms with E-state index in [-0.39, 0.29) is 0 Å². The molecule has 1 aromatic heterocycles. The van der Waals surface area contributed by atoms with E-state index >= 15 is 0 Å². The quantitative estimate of drug-likeness (QED) is 0.859. The smallest absolute Gasteiger partial charge is 0.142 e. The van der Waals surface area contributed by atoms with Crippen LogP contribution in [0, 0.1) is 6.92 Å². The van der Waals surface area contributed by atoms with Crippen LogP contribution in [0.2, 0.25) is 0 Å². The standard InChI is InChI=1S/C14H16N2O/c1-9-3-5-10(6-4-9)14-13-11(15-2)7-8-12(13)17-16-14/h3-6,11,15H,7-8H2,1-2H3. The predicted octanol–water partition coefficient (Wildman–Crippen LogP) is 2.86. The van der Waals surface area contributed by atoms with Crippen LogP contribution >= 0.6 is 0 Å². The van der Waals surface area contributed by atoms with Crippen LogP contribution in [0.4, 0.5) is 0 Å². The van der Waals surface area contributed by atoms with Crippen molar-refractivity contribution in [1.82, 2.24) is 10.5 Å². The molecule has 3 heteroatoms. The Morgan fingerprint density at radius 2 is 2.06 bits per heavy atom. The van der Waals surface area contributed by atoms with E-state index in [0.29, 0.717) is 6.04 Å². The molecule has 1 aliphatic carbocycles. The van der Waals surface area contributed by atoms with Crippen molar-refractivity contribution in [2.24, 2.45) is 0 Å². The number of nitrogens with one attached hydrogen (secondary N) is 1. The van der Waals surface area contributed by atoms with E-state index in [1.165, 1.54) is 11.1 Å². The first kappa shape index (κ1) is 10.5. The molecule has 1 N–H and O–H groups in total. The number of nitrogens with zero attached hydrogens (tertiary/aromatic N) is 1. The third-order valence-electron chi connectivity index (χ3n) is 3.48. The molecule has 2 aromatic rings. The third-order valence-corrected chi connectivity index (χ3v) is 3.48. The van der Waals surface area contributed by atoms with Crippen molar-refractivity contribution in [3.05, 3.63) is 41.2 Å². The van der Waals surface area contributed by atoms with Crippen LogP contribution in [-0.4, -0.2) is 12.2 Å². The number of benzene rings is 1. The fourth-order valence-electron chi connectivity index (χ4n) is 2.50. The second kappa shape index (κ2) is 4.00. The lowest BCUT2D eigenvalue weighted by atomic mass is 10.0. The van der Waals surface area contributed by atoms with E-state index < -0.39 is 0 Å². The first-order valence-electron chi connectivity index (χ1n) is 6.02. The van der Waals surface area contributed by atoms with Crippen LogP contribution in [0.1, 0.15) is 29.3 Å². The Hall–Kier alpha value is -1.61. The minimum atomic E-state index is 0.382. The van der Waals surface area contributed by atoms with E-state index in [1.54, 1.807) is 0 Å². The molecule has 0 bridgehead atoms. The summed E-state index contributed by atoms with van der Waals surface area (Å²) in [6.45, 7) is 2.09.